The molecule has 0 saturated carbocycles. The van der Waals surface area contributed by atoms with Gasteiger partial charge in [0.25, 0.3) is 0 Å². The molecule has 2 aliphatic rings. The molecule has 0 heterocycles. The van der Waals surface area contributed by atoms with Gasteiger partial charge in [0.2, 0.25) is 16.6 Å². The van der Waals surface area contributed by atoms with E-state index in [1.165, 1.54) is 0 Å². The predicted molar refractivity (Wildman–Crippen MR) is 102 cm³/mol. The Balaban J connectivity index is -0.000000384. The van der Waals surface area contributed by atoms with E-state index in [1.54, 1.807) is 14.2 Å². The van der Waals surface area contributed by atoms with Gasteiger partial charge in [0, 0.05) is 0 Å². The normalized spacial score (nSPS) is 15.1. The Labute approximate surface area is 198 Å². The molecule has 0 unspecified atom stereocenters. The summed E-state index contributed by atoms with van der Waals surface area (Å²) >= 11 is 0. The topological polar surface area (TPSA) is 36.9 Å². The maximum atomic E-state index is 5.78. The molecular formula is C18H30Cl2O4Si2Zr. The maximum Gasteiger partial charge on any atom is 4.00 e. The van der Waals surface area contributed by atoms with Crippen LogP contribution in [0.3, 0.4) is 0 Å². The maximum absolute atomic E-state index is 5.78. The molecule has 27 heavy (non-hydrogen) atoms. The average molecular weight is 529 g/mol. The SMILES string of the molecule is COC1=[C-]CC=C1O[Si](C)(C)C.COC1=[C-]CC=C1O[Si](C)(C)C.[Cl-].[Cl-].[Zr+4]. The van der Waals surface area contributed by atoms with Crippen LogP contribution in [0, 0.1) is 12.2 Å². The number of hydrogen-bond donors (Lipinski definition) is 0. The van der Waals surface area contributed by atoms with E-state index < -0.39 is 16.6 Å². The van der Waals surface area contributed by atoms with Gasteiger partial charge in [0.05, 0.1) is 14.2 Å². The Morgan fingerprint density at radius 2 is 1.00 bits per heavy atom. The van der Waals surface area contributed by atoms with Crippen molar-refractivity contribution in [2.24, 2.45) is 0 Å². The largest absolute Gasteiger partial charge is 4.00 e. The van der Waals surface area contributed by atoms with Gasteiger partial charge in [0.1, 0.15) is 0 Å². The van der Waals surface area contributed by atoms with E-state index in [9.17, 15) is 0 Å². The quantitative estimate of drug-likeness (QED) is 0.325. The minimum absolute atomic E-state index is 0. The van der Waals surface area contributed by atoms with Gasteiger partial charge in [-0.05, 0) is 62.3 Å². The number of ether oxygens (including phenoxy) is 2. The van der Waals surface area contributed by atoms with E-state index in [1.807, 2.05) is 12.2 Å². The molecule has 0 radical (unpaired) electrons. The fraction of sp³-hybridized carbons (Fsp3) is 0.556. The van der Waals surface area contributed by atoms with Crippen LogP contribution in [-0.2, 0) is 44.5 Å². The molecule has 0 bridgehead atoms. The van der Waals surface area contributed by atoms with Gasteiger partial charge >= 0.3 is 26.2 Å². The Hall–Kier alpha value is 0.0569. The number of allylic oxidation sites excluding steroid dienone is 4. The molecule has 0 N–H and O–H groups in total. The second-order valence-electron chi connectivity index (χ2n) is 7.39. The van der Waals surface area contributed by atoms with E-state index in [0.29, 0.717) is 0 Å². The van der Waals surface area contributed by atoms with Crippen LogP contribution >= 0.6 is 0 Å². The summed E-state index contributed by atoms with van der Waals surface area (Å²) in [7, 11) is 0.317. The third kappa shape index (κ3) is 13.0. The molecular weight excluding hydrogens is 498 g/mol. The monoisotopic (exact) mass is 526 g/mol. The van der Waals surface area contributed by atoms with Crippen molar-refractivity contribution in [3.63, 3.8) is 0 Å². The van der Waals surface area contributed by atoms with Gasteiger partial charge in [-0.3, -0.25) is 0 Å². The van der Waals surface area contributed by atoms with Gasteiger partial charge in [-0.15, -0.1) is 25.0 Å². The third-order valence-corrected chi connectivity index (χ3v) is 4.45. The molecule has 0 aromatic heterocycles. The van der Waals surface area contributed by atoms with Crippen molar-refractivity contribution in [3.05, 3.63) is 47.3 Å². The Morgan fingerprint density at radius 1 is 0.704 bits per heavy atom. The van der Waals surface area contributed by atoms with E-state index >= 15 is 0 Å². The first-order valence-electron chi connectivity index (χ1n) is 8.14. The van der Waals surface area contributed by atoms with E-state index in [2.05, 4.69) is 51.4 Å². The van der Waals surface area contributed by atoms with Gasteiger partial charge in [-0.2, -0.15) is 0 Å². The van der Waals surface area contributed by atoms with Crippen molar-refractivity contribution in [2.75, 3.05) is 14.2 Å². The number of methoxy groups -OCH3 is 2. The molecule has 152 valence electrons. The zero-order chi connectivity index (χ0) is 18.4. The molecule has 0 aromatic rings. The molecule has 0 atom stereocenters. The second kappa shape index (κ2) is 14.1. The van der Waals surface area contributed by atoms with Crippen LogP contribution in [0.2, 0.25) is 39.3 Å². The summed E-state index contributed by atoms with van der Waals surface area (Å²) in [4.78, 5) is 0. The van der Waals surface area contributed by atoms with Crippen LogP contribution in [0.15, 0.2) is 35.2 Å². The van der Waals surface area contributed by atoms with E-state index in [-0.39, 0.29) is 51.0 Å². The summed E-state index contributed by atoms with van der Waals surface area (Å²) in [6.07, 6.45) is 11.8. The summed E-state index contributed by atoms with van der Waals surface area (Å²) < 4.78 is 21.8. The summed E-state index contributed by atoms with van der Waals surface area (Å²) in [6, 6.07) is 0. The van der Waals surface area contributed by atoms with Crippen molar-refractivity contribution < 1.29 is 69.3 Å². The molecule has 0 aromatic carbocycles. The smallest absolute Gasteiger partial charge is 1.00 e. The Kier molecular flexibility index (Phi) is 16.6. The van der Waals surface area contributed by atoms with Gasteiger partial charge in [-0.1, -0.05) is 0 Å². The molecule has 9 heteroatoms. The van der Waals surface area contributed by atoms with Crippen LogP contribution in [0.25, 0.3) is 0 Å². The van der Waals surface area contributed by atoms with Gasteiger partial charge < -0.3 is 43.1 Å². The molecule has 2 rings (SSSR count). The van der Waals surface area contributed by atoms with Gasteiger partial charge in [-0.25, -0.2) is 12.2 Å². The standard InChI is InChI=1S/2C9H15O2Si.2ClH.Zr/c2*1-10-8-6-5-7-9(8)11-12(2,3)4;;;/h2*7H,5H2,1-4H3;2*1H;/q2*-1;;;+4/p-2. The average Bonchev–Trinajstić information content (AvgIpc) is 3.04. The fourth-order valence-electron chi connectivity index (χ4n) is 2.01. The zero-order valence-corrected chi connectivity index (χ0v) is 23.4. The fourth-order valence-corrected chi connectivity index (χ4v) is 3.69. The van der Waals surface area contributed by atoms with Crippen molar-refractivity contribution in [1.29, 1.82) is 0 Å². The minimum Gasteiger partial charge on any atom is -1.00 e. The molecule has 2 aliphatic carbocycles. The minimum atomic E-state index is -1.49. The third-order valence-electron chi connectivity index (χ3n) is 2.79. The molecule has 0 saturated heterocycles. The molecule has 0 amide bonds. The molecule has 0 fully saturated rings. The first-order chi connectivity index (χ1) is 11.1. The Morgan fingerprint density at radius 3 is 1.22 bits per heavy atom. The second-order valence-corrected chi connectivity index (χ2v) is 16.3. The van der Waals surface area contributed by atoms with E-state index in [4.69, 9.17) is 18.3 Å². The first-order valence-corrected chi connectivity index (χ1v) is 15.0. The van der Waals surface area contributed by atoms with E-state index in [0.717, 1.165) is 35.9 Å². The number of halogens is 2. The van der Waals surface area contributed by atoms with Crippen LogP contribution < -0.4 is 24.8 Å². The van der Waals surface area contributed by atoms with Crippen LogP contribution in [0.4, 0.5) is 0 Å². The summed E-state index contributed by atoms with van der Waals surface area (Å²) in [5, 5.41) is 0. The van der Waals surface area contributed by atoms with Crippen LogP contribution in [0.1, 0.15) is 12.8 Å². The molecule has 0 aliphatic heterocycles. The molecule has 4 nitrogen and oxygen atoms in total. The summed E-state index contributed by atoms with van der Waals surface area (Å²) in [5.74, 6) is 3.27. The number of hydrogen-bond acceptors (Lipinski definition) is 4. The zero-order valence-electron chi connectivity index (χ0n) is 17.5. The van der Waals surface area contributed by atoms with Crippen LogP contribution in [-0.4, -0.2) is 30.9 Å². The molecule has 0 spiro atoms. The van der Waals surface area contributed by atoms with Crippen LogP contribution in [0.5, 0.6) is 0 Å². The van der Waals surface area contributed by atoms with Gasteiger partial charge in [0.15, 0.2) is 0 Å². The predicted octanol–water partition coefficient (Wildman–Crippen LogP) is -1.08. The first kappa shape index (κ1) is 31.7. The van der Waals surface area contributed by atoms with Crippen molar-refractivity contribution in [2.45, 2.75) is 52.1 Å². The van der Waals surface area contributed by atoms with Crippen molar-refractivity contribution in [1.82, 2.24) is 0 Å². The van der Waals surface area contributed by atoms with Crippen molar-refractivity contribution >= 4 is 16.6 Å². The summed E-state index contributed by atoms with van der Waals surface area (Å²) in [6.45, 7) is 12.9. The Bertz CT molecular complexity index is 513. The number of rotatable bonds is 6. The van der Waals surface area contributed by atoms with Crippen molar-refractivity contribution in [3.8, 4) is 0 Å². The summed E-state index contributed by atoms with van der Waals surface area (Å²) in [5.41, 5.74) is 0.